The van der Waals surface area contributed by atoms with Crippen LogP contribution in [0.5, 0.6) is 5.75 Å². The third kappa shape index (κ3) is 3.83. The summed E-state index contributed by atoms with van der Waals surface area (Å²) in [5.41, 5.74) is 4.56. The Hall–Kier alpha value is -1.85. The van der Waals surface area contributed by atoms with Gasteiger partial charge in [0.1, 0.15) is 5.75 Å². The summed E-state index contributed by atoms with van der Waals surface area (Å²) in [6.07, 6.45) is 1.86. The molecule has 2 rings (SSSR count). The number of hydrogen-bond acceptors (Lipinski definition) is 4. The molecule has 0 saturated heterocycles. The number of rotatable bonds is 7. The highest BCUT2D eigenvalue weighted by Gasteiger charge is 2.10. The van der Waals surface area contributed by atoms with Crippen molar-refractivity contribution >= 4 is 0 Å². The van der Waals surface area contributed by atoms with Crippen molar-refractivity contribution in [3.63, 3.8) is 0 Å². The molecule has 0 aliphatic carbocycles. The van der Waals surface area contributed by atoms with E-state index in [9.17, 15) is 0 Å². The van der Waals surface area contributed by atoms with Crippen LogP contribution in [0.15, 0.2) is 24.4 Å². The summed E-state index contributed by atoms with van der Waals surface area (Å²) in [4.78, 5) is 0. The van der Waals surface area contributed by atoms with Crippen LogP contribution in [0.4, 0.5) is 0 Å². The molecule has 1 aromatic carbocycles. The van der Waals surface area contributed by atoms with E-state index in [0.717, 1.165) is 23.6 Å². The van der Waals surface area contributed by atoms with Gasteiger partial charge in [-0.3, -0.25) is 5.10 Å². The summed E-state index contributed by atoms with van der Waals surface area (Å²) in [7, 11) is 3.37. The molecule has 2 aromatic rings. The maximum absolute atomic E-state index is 5.35. The van der Waals surface area contributed by atoms with Crippen LogP contribution in [-0.4, -0.2) is 24.4 Å². The van der Waals surface area contributed by atoms with Gasteiger partial charge in [-0.2, -0.15) is 5.10 Å². The summed E-state index contributed by atoms with van der Waals surface area (Å²) < 4.78 is 10.6. The molecule has 0 saturated carbocycles. The van der Waals surface area contributed by atoms with Gasteiger partial charge in [0.2, 0.25) is 0 Å². The number of aryl methyl sites for hydroxylation is 1. The zero-order chi connectivity index (χ0) is 15.2. The molecule has 1 atom stereocenters. The lowest BCUT2D eigenvalue weighted by Gasteiger charge is -2.17. The van der Waals surface area contributed by atoms with Gasteiger partial charge >= 0.3 is 0 Å². The Morgan fingerprint density at radius 1 is 1.29 bits per heavy atom. The highest BCUT2D eigenvalue weighted by molar-refractivity contribution is 5.38. The van der Waals surface area contributed by atoms with E-state index in [4.69, 9.17) is 9.47 Å². The average Bonchev–Trinajstić information content (AvgIpc) is 2.90. The standard InChI is InChI=1S/C16H23N3O2/c1-11(17-8-15-9-18-19-12(15)2)13-5-6-16(21-4)14(7-13)10-20-3/h5-7,9,11,17H,8,10H2,1-4H3,(H,18,19). The lowest BCUT2D eigenvalue weighted by Crippen LogP contribution is -2.18. The number of methoxy groups -OCH3 is 2. The largest absolute Gasteiger partial charge is 0.496 e. The molecule has 21 heavy (non-hydrogen) atoms. The molecule has 1 heterocycles. The number of H-pyrrole nitrogens is 1. The lowest BCUT2D eigenvalue weighted by atomic mass is 10.0. The first-order chi connectivity index (χ1) is 10.2. The molecule has 2 N–H and O–H groups in total. The number of ether oxygens (including phenoxy) is 2. The number of aromatic nitrogens is 2. The molecular formula is C16H23N3O2. The predicted octanol–water partition coefficient (Wildman–Crippen LogP) is 2.72. The van der Waals surface area contributed by atoms with E-state index in [0.29, 0.717) is 6.61 Å². The number of benzene rings is 1. The number of nitrogens with one attached hydrogen (secondary N) is 2. The SMILES string of the molecule is COCc1cc(C(C)NCc2cn[nH]c2C)ccc1OC. The Labute approximate surface area is 125 Å². The molecule has 0 bridgehead atoms. The van der Waals surface area contributed by atoms with Crippen LogP contribution >= 0.6 is 0 Å². The van der Waals surface area contributed by atoms with E-state index in [2.05, 4.69) is 34.6 Å². The van der Waals surface area contributed by atoms with Gasteiger partial charge in [0.05, 0.1) is 19.9 Å². The second kappa shape index (κ2) is 7.24. The van der Waals surface area contributed by atoms with E-state index in [1.807, 2.05) is 19.2 Å². The molecule has 5 heteroatoms. The van der Waals surface area contributed by atoms with Crippen molar-refractivity contribution in [2.75, 3.05) is 14.2 Å². The van der Waals surface area contributed by atoms with Crippen LogP contribution in [0.2, 0.25) is 0 Å². The van der Waals surface area contributed by atoms with Gasteiger partial charge in [-0.25, -0.2) is 0 Å². The topological polar surface area (TPSA) is 59.2 Å². The van der Waals surface area contributed by atoms with Crippen LogP contribution in [0.25, 0.3) is 0 Å². The number of aromatic amines is 1. The van der Waals surface area contributed by atoms with E-state index in [1.165, 1.54) is 11.1 Å². The van der Waals surface area contributed by atoms with Gasteiger partial charge < -0.3 is 14.8 Å². The monoisotopic (exact) mass is 289 g/mol. The van der Waals surface area contributed by atoms with Crippen LogP contribution < -0.4 is 10.1 Å². The van der Waals surface area contributed by atoms with Crippen LogP contribution in [0.3, 0.4) is 0 Å². The van der Waals surface area contributed by atoms with Crippen molar-refractivity contribution in [1.82, 2.24) is 15.5 Å². The highest BCUT2D eigenvalue weighted by Crippen LogP contribution is 2.24. The van der Waals surface area contributed by atoms with Gasteiger partial charge in [-0.1, -0.05) is 6.07 Å². The molecule has 0 fully saturated rings. The summed E-state index contributed by atoms with van der Waals surface area (Å²) >= 11 is 0. The minimum absolute atomic E-state index is 0.237. The Morgan fingerprint density at radius 3 is 2.71 bits per heavy atom. The Balaban J connectivity index is 2.06. The Kier molecular flexibility index (Phi) is 5.36. The summed E-state index contributed by atoms with van der Waals surface area (Å²) in [5, 5.41) is 10.5. The molecule has 5 nitrogen and oxygen atoms in total. The van der Waals surface area contributed by atoms with Crippen molar-refractivity contribution in [3.05, 3.63) is 46.8 Å². The normalized spacial score (nSPS) is 12.4. The zero-order valence-corrected chi connectivity index (χ0v) is 13.1. The maximum atomic E-state index is 5.35. The molecular weight excluding hydrogens is 266 g/mol. The van der Waals surface area contributed by atoms with Crippen LogP contribution in [0, 0.1) is 6.92 Å². The molecule has 1 unspecified atom stereocenters. The third-order valence-electron chi connectivity index (χ3n) is 3.64. The summed E-state index contributed by atoms with van der Waals surface area (Å²) in [6.45, 7) is 5.51. The fourth-order valence-corrected chi connectivity index (χ4v) is 2.27. The van der Waals surface area contributed by atoms with Gasteiger partial charge in [-0.05, 0) is 31.5 Å². The predicted molar refractivity (Wildman–Crippen MR) is 82.3 cm³/mol. The first-order valence-corrected chi connectivity index (χ1v) is 7.03. The van der Waals surface area contributed by atoms with Crippen LogP contribution in [-0.2, 0) is 17.9 Å². The van der Waals surface area contributed by atoms with Crippen molar-refractivity contribution < 1.29 is 9.47 Å². The highest BCUT2D eigenvalue weighted by atomic mass is 16.5. The van der Waals surface area contributed by atoms with Crippen molar-refractivity contribution in [2.24, 2.45) is 0 Å². The van der Waals surface area contributed by atoms with Gasteiger partial charge in [0, 0.05) is 36.5 Å². The first-order valence-electron chi connectivity index (χ1n) is 7.03. The quantitative estimate of drug-likeness (QED) is 0.823. The van der Waals surface area contributed by atoms with Crippen LogP contribution in [0.1, 0.15) is 35.3 Å². The minimum atomic E-state index is 0.237. The second-order valence-corrected chi connectivity index (χ2v) is 5.13. The second-order valence-electron chi connectivity index (χ2n) is 5.13. The van der Waals surface area contributed by atoms with Crippen molar-refractivity contribution in [2.45, 2.75) is 33.0 Å². The Morgan fingerprint density at radius 2 is 2.10 bits per heavy atom. The van der Waals surface area contributed by atoms with Gasteiger partial charge in [0.15, 0.2) is 0 Å². The maximum Gasteiger partial charge on any atom is 0.124 e. The molecule has 0 radical (unpaired) electrons. The molecule has 0 spiro atoms. The lowest BCUT2D eigenvalue weighted by molar-refractivity contribution is 0.181. The van der Waals surface area contributed by atoms with E-state index >= 15 is 0 Å². The van der Waals surface area contributed by atoms with Crippen molar-refractivity contribution in [1.29, 1.82) is 0 Å². The smallest absolute Gasteiger partial charge is 0.124 e. The molecule has 0 aliphatic rings. The van der Waals surface area contributed by atoms with Crippen molar-refractivity contribution in [3.8, 4) is 5.75 Å². The molecule has 114 valence electrons. The summed E-state index contributed by atoms with van der Waals surface area (Å²) in [6, 6.07) is 6.44. The molecule has 0 aliphatic heterocycles. The zero-order valence-electron chi connectivity index (χ0n) is 13.1. The minimum Gasteiger partial charge on any atom is -0.496 e. The fraction of sp³-hybridized carbons (Fsp3) is 0.438. The fourth-order valence-electron chi connectivity index (χ4n) is 2.27. The van der Waals surface area contributed by atoms with E-state index in [-0.39, 0.29) is 6.04 Å². The van der Waals surface area contributed by atoms with Gasteiger partial charge in [0.25, 0.3) is 0 Å². The average molecular weight is 289 g/mol. The summed E-state index contributed by atoms with van der Waals surface area (Å²) in [5.74, 6) is 0.860. The van der Waals surface area contributed by atoms with Gasteiger partial charge in [-0.15, -0.1) is 0 Å². The first kappa shape index (κ1) is 15.5. The molecule has 0 amide bonds. The van der Waals surface area contributed by atoms with E-state index < -0.39 is 0 Å². The number of hydrogen-bond donors (Lipinski definition) is 2. The number of nitrogens with zero attached hydrogens (tertiary/aromatic N) is 1. The Bertz CT molecular complexity index is 581. The molecule has 1 aromatic heterocycles. The third-order valence-corrected chi connectivity index (χ3v) is 3.64. The van der Waals surface area contributed by atoms with E-state index in [1.54, 1.807) is 14.2 Å².